The van der Waals surface area contributed by atoms with Crippen molar-refractivity contribution in [3.8, 4) is 5.75 Å². The lowest BCUT2D eigenvalue weighted by atomic mass is 10.0. The van der Waals surface area contributed by atoms with E-state index in [2.05, 4.69) is 10.5 Å². The summed E-state index contributed by atoms with van der Waals surface area (Å²) >= 11 is 11.0. The second kappa shape index (κ2) is 7.96. The lowest BCUT2D eigenvalue weighted by Crippen LogP contribution is -2.24. The number of halogens is 1. The van der Waals surface area contributed by atoms with Gasteiger partial charge in [0.1, 0.15) is 12.4 Å². The number of hydrogen-bond acceptors (Lipinski definition) is 3. The molecule has 0 aliphatic rings. The van der Waals surface area contributed by atoms with Gasteiger partial charge in [0.2, 0.25) is 0 Å². The smallest absolute Gasteiger partial charge is 0.184 e. The highest BCUT2D eigenvalue weighted by Gasteiger charge is 2.08. The molecule has 0 aliphatic carbocycles. The van der Waals surface area contributed by atoms with Gasteiger partial charge in [-0.15, -0.1) is 0 Å². The maximum Gasteiger partial charge on any atom is 0.184 e. The minimum atomic E-state index is 0.107. The summed E-state index contributed by atoms with van der Waals surface area (Å²) < 4.78 is 6.00. The van der Waals surface area contributed by atoms with E-state index in [4.69, 9.17) is 34.3 Å². The molecule has 0 radical (unpaired) electrons. The summed E-state index contributed by atoms with van der Waals surface area (Å²) in [6, 6.07) is 19.5. The molecule has 126 valence electrons. The fourth-order valence-corrected chi connectivity index (χ4v) is 2.71. The van der Waals surface area contributed by atoms with Gasteiger partial charge in [0.25, 0.3) is 0 Å². The summed E-state index contributed by atoms with van der Waals surface area (Å²) in [6.07, 6.45) is 1.66. The van der Waals surface area contributed by atoms with Gasteiger partial charge in [0.05, 0.1) is 6.21 Å². The summed E-state index contributed by atoms with van der Waals surface area (Å²) in [5.41, 5.74) is 9.75. The quantitative estimate of drug-likeness (QED) is 0.401. The van der Waals surface area contributed by atoms with Crippen molar-refractivity contribution in [1.82, 2.24) is 5.43 Å². The Morgan fingerprint density at radius 3 is 2.68 bits per heavy atom. The molecular formula is C19H16ClN3OS. The number of fused-ring (bicyclic) bond motifs is 1. The van der Waals surface area contributed by atoms with Crippen molar-refractivity contribution in [1.29, 1.82) is 0 Å². The van der Waals surface area contributed by atoms with Gasteiger partial charge in [-0.05, 0) is 35.1 Å². The first-order valence-corrected chi connectivity index (χ1v) is 8.40. The van der Waals surface area contributed by atoms with Crippen molar-refractivity contribution in [2.45, 2.75) is 6.61 Å². The molecule has 0 aliphatic heterocycles. The minimum Gasteiger partial charge on any atom is -0.488 e. The van der Waals surface area contributed by atoms with Crippen LogP contribution >= 0.6 is 23.8 Å². The van der Waals surface area contributed by atoms with Gasteiger partial charge in [0.15, 0.2) is 5.11 Å². The summed E-state index contributed by atoms with van der Waals surface area (Å²) in [7, 11) is 0. The Kier molecular flexibility index (Phi) is 5.48. The van der Waals surface area contributed by atoms with Crippen LogP contribution in [0.25, 0.3) is 10.8 Å². The van der Waals surface area contributed by atoms with E-state index in [1.165, 1.54) is 0 Å². The summed E-state index contributed by atoms with van der Waals surface area (Å²) in [6.45, 7) is 0.363. The number of hydrogen-bond donors (Lipinski definition) is 2. The van der Waals surface area contributed by atoms with Crippen molar-refractivity contribution in [3.63, 3.8) is 0 Å². The first-order valence-electron chi connectivity index (χ1n) is 7.61. The van der Waals surface area contributed by atoms with Crippen LogP contribution in [0.4, 0.5) is 0 Å². The fraction of sp³-hybridized carbons (Fsp3) is 0.0526. The monoisotopic (exact) mass is 369 g/mol. The zero-order chi connectivity index (χ0) is 17.6. The van der Waals surface area contributed by atoms with Crippen LogP contribution in [0.1, 0.15) is 11.1 Å². The highest BCUT2D eigenvalue weighted by molar-refractivity contribution is 7.80. The zero-order valence-electron chi connectivity index (χ0n) is 13.3. The molecule has 3 N–H and O–H groups in total. The Balaban J connectivity index is 1.94. The second-order valence-electron chi connectivity index (χ2n) is 5.31. The average molecular weight is 370 g/mol. The predicted octanol–water partition coefficient (Wildman–Crippen LogP) is 4.24. The minimum absolute atomic E-state index is 0.107. The molecule has 0 saturated heterocycles. The Bertz CT molecular complexity index is 943. The summed E-state index contributed by atoms with van der Waals surface area (Å²) in [4.78, 5) is 0. The van der Waals surface area contributed by atoms with E-state index >= 15 is 0 Å². The highest BCUT2D eigenvalue weighted by Crippen LogP contribution is 2.28. The van der Waals surface area contributed by atoms with Gasteiger partial charge in [-0.1, -0.05) is 60.1 Å². The van der Waals surface area contributed by atoms with E-state index < -0.39 is 0 Å². The molecule has 3 rings (SSSR count). The molecule has 0 saturated carbocycles. The van der Waals surface area contributed by atoms with Crippen LogP contribution in [-0.4, -0.2) is 11.3 Å². The third-order valence-corrected chi connectivity index (χ3v) is 4.10. The Labute approximate surface area is 156 Å². The second-order valence-corrected chi connectivity index (χ2v) is 6.16. The molecule has 4 nitrogen and oxygen atoms in total. The van der Waals surface area contributed by atoms with Gasteiger partial charge in [-0.2, -0.15) is 5.10 Å². The molecular weight excluding hydrogens is 354 g/mol. The lowest BCUT2D eigenvalue weighted by Gasteiger charge is -2.12. The zero-order valence-corrected chi connectivity index (χ0v) is 14.8. The van der Waals surface area contributed by atoms with Crippen molar-refractivity contribution in [3.05, 3.63) is 76.8 Å². The summed E-state index contributed by atoms with van der Waals surface area (Å²) in [5, 5.41) is 6.97. The molecule has 0 spiro atoms. The summed E-state index contributed by atoms with van der Waals surface area (Å²) in [5.74, 6) is 0.701. The van der Waals surface area contributed by atoms with Crippen LogP contribution in [0.5, 0.6) is 5.75 Å². The molecule has 3 aromatic rings. The SMILES string of the molecule is NC(=S)NN=Cc1c(OCc2ccccc2Cl)ccc2ccccc12. The molecule has 3 aromatic carbocycles. The van der Waals surface area contributed by atoms with Crippen LogP contribution in [-0.2, 0) is 6.61 Å². The number of nitrogens with zero attached hydrogens (tertiary/aromatic N) is 1. The van der Waals surface area contributed by atoms with Crippen molar-refractivity contribution in [2.24, 2.45) is 10.8 Å². The maximum absolute atomic E-state index is 6.20. The standard InChI is InChI=1S/C19H16ClN3OS/c20-17-8-4-2-6-14(17)12-24-18-10-9-13-5-1-3-7-15(13)16(18)11-22-23-19(21)25/h1-11H,12H2,(H3,21,23,25). The number of ether oxygens (including phenoxy) is 1. The first-order chi connectivity index (χ1) is 12.1. The van der Waals surface area contributed by atoms with E-state index in [0.29, 0.717) is 17.4 Å². The van der Waals surface area contributed by atoms with Gasteiger partial charge in [0, 0.05) is 16.1 Å². The largest absolute Gasteiger partial charge is 0.488 e. The number of rotatable bonds is 5. The molecule has 0 atom stereocenters. The number of nitrogens with one attached hydrogen (secondary N) is 1. The Morgan fingerprint density at radius 2 is 1.88 bits per heavy atom. The Hall–Kier alpha value is -2.63. The van der Waals surface area contributed by atoms with E-state index in [1.807, 2.05) is 60.7 Å². The van der Waals surface area contributed by atoms with Gasteiger partial charge in [-0.25, -0.2) is 0 Å². The van der Waals surface area contributed by atoms with E-state index in [9.17, 15) is 0 Å². The molecule has 0 heterocycles. The molecule has 0 amide bonds. The average Bonchev–Trinajstić information content (AvgIpc) is 2.61. The molecule has 0 unspecified atom stereocenters. The van der Waals surface area contributed by atoms with Crippen LogP contribution in [0.2, 0.25) is 5.02 Å². The van der Waals surface area contributed by atoms with Crippen LogP contribution in [0.15, 0.2) is 65.8 Å². The van der Waals surface area contributed by atoms with Crippen molar-refractivity contribution in [2.75, 3.05) is 0 Å². The van der Waals surface area contributed by atoms with E-state index in [0.717, 1.165) is 21.9 Å². The topological polar surface area (TPSA) is 59.6 Å². The molecule has 6 heteroatoms. The molecule has 0 fully saturated rings. The highest BCUT2D eigenvalue weighted by atomic mass is 35.5. The predicted molar refractivity (Wildman–Crippen MR) is 107 cm³/mol. The third-order valence-electron chi connectivity index (χ3n) is 3.64. The number of nitrogens with two attached hydrogens (primary N) is 1. The van der Waals surface area contributed by atoms with Gasteiger partial charge < -0.3 is 10.5 Å². The first kappa shape index (κ1) is 17.2. The van der Waals surface area contributed by atoms with Crippen molar-refractivity contribution >= 4 is 45.9 Å². The lowest BCUT2D eigenvalue weighted by molar-refractivity contribution is 0.306. The molecule has 25 heavy (non-hydrogen) atoms. The maximum atomic E-state index is 6.20. The van der Waals surface area contributed by atoms with E-state index in [1.54, 1.807) is 6.21 Å². The number of hydrazone groups is 1. The molecule has 0 bridgehead atoms. The third kappa shape index (κ3) is 4.26. The number of thiocarbonyl (C=S) groups is 1. The van der Waals surface area contributed by atoms with Crippen LogP contribution in [0.3, 0.4) is 0 Å². The van der Waals surface area contributed by atoms with Crippen LogP contribution in [0, 0.1) is 0 Å². The Morgan fingerprint density at radius 1 is 1.12 bits per heavy atom. The number of benzene rings is 3. The van der Waals surface area contributed by atoms with Crippen LogP contribution < -0.4 is 15.9 Å². The van der Waals surface area contributed by atoms with E-state index in [-0.39, 0.29) is 5.11 Å². The van der Waals surface area contributed by atoms with Gasteiger partial charge in [-0.3, -0.25) is 5.43 Å². The fourth-order valence-electron chi connectivity index (χ4n) is 2.47. The van der Waals surface area contributed by atoms with Gasteiger partial charge >= 0.3 is 0 Å². The normalized spacial score (nSPS) is 10.9. The van der Waals surface area contributed by atoms with Crippen molar-refractivity contribution < 1.29 is 4.74 Å². The molecule has 0 aromatic heterocycles.